The average molecular weight is 294 g/mol. The van der Waals surface area contributed by atoms with Gasteiger partial charge in [0.15, 0.2) is 0 Å². The number of hydrogen-bond donors (Lipinski definition) is 0. The molecule has 2 aromatic carbocycles. The fourth-order valence-corrected chi connectivity index (χ4v) is 2.92. The first-order valence-corrected chi connectivity index (χ1v) is 9.03. The second-order valence-electron chi connectivity index (χ2n) is 6.25. The van der Waals surface area contributed by atoms with E-state index in [0.717, 1.165) is 0 Å². The summed E-state index contributed by atoms with van der Waals surface area (Å²) in [6.07, 6.45) is 16.5. The molecule has 0 spiro atoms. The van der Waals surface area contributed by atoms with Crippen LogP contribution in [0.2, 0.25) is 0 Å². The third-order valence-electron chi connectivity index (χ3n) is 4.27. The summed E-state index contributed by atoms with van der Waals surface area (Å²) in [5.74, 6) is 0. The maximum absolute atomic E-state index is 2.36. The van der Waals surface area contributed by atoms with E-state index >= 15 is 0 Å². The van der Waals surface area contributed by atoms with Crippen LogP contribution >= 0.6 is 0 Å². The van der Waals surface area contributed by atoms with Crippen LogP contribution in [-0.2, 0) is 6.42 Å². The van der Waals surface area contributed by atoms with E-state index in [1.807, 2.05) is 0 Å². The Bertz CT molecular complexity index is 565. The lowest BCUT2D eigenvalue weighted by atomic mass is 10.0. The second-order valence-corrected chi connectivity index (χ2v) is 6.25. The third kappa shape index (κ3) is 6.05. The molecule has 2 aromatic rings. The molecule has 0 atom stereocenters. The van der Waals surface area contributed by atoms with Gasteiger partial charge in [0.25, 0.3) is 0 Å². The lowest BCUT2D eigenvalue weighted by molar-refractivity contribution is 0.617. The molecule has 0 heterocycles. The van der Waals surface area contributed by atoms with E-state index < -0.39 is 0 Å². The molecule has 2 rings (SSSR count). The standard InChI is InChI=1S/C22H30/c1-2-3-4-5-6-7-8-9-10-11-14-20-17-18-21-15-12-13-16-22(21)19-20/h4-5,12-13,15-19H,2-3,6-11,14H2,1H3/b5-4+. The van der Waals surface area contributed by atoms with Gasteiger partial charge in [-0.15, -0.1) is 0 Å². The Morgan fingerprint density at radius 3 is 2.32 bits per heavy atom. The normalized spacial score (nSPS) is 11.5. The van der Waals surface area contributed by atoms with Crippen molar-refractivity contribution in [2.45, 2.75) is 64.7 Å². The SMILES string of the molecule is CCC/C=C/CCCCCCCc1ccc2ccccc2c1. The molecule has 22 heavy (non-hydrogen) atoms. The average Bonchev–Trinajstić information content (AvgIpc) is 2.56. The highest BCUT2D eigenvalue weighted by molar-refractivity contribution is 5.82. The van der Waals surface area contributed by atoms with Crippen LogP contribution in [0.4, 0.5) is 0 Å². The monoisotopic (exact) mass is 294 g/mol. The Labute approximate surface area is 136 Å². The van der Waals surface area contributed by atoms with Gasteiger partial charge in [0.1, 0.15) is 0 Å². The minimum absolute atomic E-state index is 1.22. The predicted molar refractivity (Wildman–Crippen MR) is 99.4 cm³/mol. The summed E-state index contributed by atoms with van der Waals surface area (Å²) in [6.45, 7) is 2.24. The molecule has 0 aliphatic heterocycles. The van der Waals surface area contributed by atoms with Crippen molar-refractivity contribution >= 4 is 10.8 Å². The molecular formula is C22H30. The van der Waals surface area contributed by atoms with E-state index in [9.17, 15) is 0 Å². The summed E-state index contributed by atoms with van der Waals surface area (Å²) in [7, 11) is 0. The first-order valence-electron chi connectivity index (χ1n) is 9.03. The van der Waals surface area contributed by atoms with Gasteiger partial charge in [-0.05, 0) is 48.4 Å². The first-order chi connectivity index (χ1) is 10.9. The molecular weight excluding hydrogens is 264 g/mol. The highest BCUT2D eigenvalue weighted by Crippen LogP contribution is 2.17. The van der Waals surface area contributed by atoms with E-state index in [1.165, 1.54) is 74.1 Å². The van der Waals surface area contributed by atoms with Crippen molar-refractivity contribution in [2.75, 3.05) is 0 Å². The van der Waals surface area contributed by atoms with Crippen LogP contribution in [0.1, 0.15) is 63.9 Å². The Balaban J connectivity index is 1.58. The molecule has 0 saturated carbocycles. The minimum Gasteiger partial charge on any atom is -0.0885 e. The number of benzene rings is 2. The van der Waals surface area contributed by atoms with Crippen molar-refractivity contribution in [3.05, 3.63) is 60.2 Å². The zero-order valence-electron chi connectivity index (χ0n) is 14.1. The number of hydrogen-bond acceptors (Lipinski definition) is 0. The highest BCUT2D eigenvalue weighted by Gasteiger charge is 1.97. The molecule has 0 aliphatic rings. The maximum Gasteiger partial charge on any atom is -0.0181 e. The van der Waals surface area contributed by atoms with Crippen molar-refractivity contribution in [3.63, 3.8) is 0 Å². The van der Waals surface area contributed by atoms with Gasteiger partial charge in [-0.1, -0.05) is 87.2 Å². The van der Waals surface area contributed by atoms with E-state index in [4.69, 9.17) is 0 Å². The van der Waals surface area contributed by atoms with Crippen molar-refractivity contribution in [1.82, 2.24) is 0 Å². The van der Waals surface area contributed by atoms with Gasteiger partial charge in [-0.3, -0.25) is 0 Å². The Hall–Kier alpha value is -1.56. The Morgan fingerprint density at radius 2 is 1.45 bits per heavy atom. The smallest absolute Gasteiger partial charge is 0.0181 e. The molecule has 0 bridgehead atoms. The fourth-order valence-electron chi connectivity index (χ4n) is 2.92. The molecule has 0 unspecified atom stereocenters. The largest absolute Gasteiger partial charge is 0.0885 e. The Kier molecular flexibility index (Phi) is 7.80. The molecule has 0 fully saturated rings. The van der Waals surface area contributed by atoms with Gasteiger partial charge in [0.05, 0.1) is 0 Å². The molecule has 0 radical (unpaired) electrons. The van der Waals surface area contributed by atoms with Crippen molar-refractivity contribution in [2.24, 2.45) is 0 Å². The molecule has 0 amide bonds. The van der Waals surface area contributed by atoms with Gasteiger partial charge < -0.3 is 0 Å². The lowest BCUT2D eigenvalue weighted by Crippen LogP contribution is -1.86. The van der Waals surface area contributed by atoms with Crippen molar-refractivity contribution < 1.29 is 0 Å². The number of unbranched alkanes of at least 4 members (excludes halogenated alkanes) is 6. The topological polar surface area (TPSA) is 0 Å². The molecule has 0 nitrogen and oxygen atoms in total. The quantitative estimate of drug-likeness (QED) is 0.324. The molecule has 118 valence electrons. The molecule has 0 saturated heterocycles. The maximum atomic E-state index is 2.36. The van der Waals surface area contributed by atoms with Crippen LogP contribution in [0.5, 0.6) is 0 Å². The van der Waals surface area contributed by atoms with E-state index in [-0.39, 0.29) is 0 Å². The summed E-state index contributed by atoms with van der Waals surface area (Å²) < 4.78 is 0. The second kappa shape index (κ2) is 10.2. The predicted octanol–water partition coefficient (Wildman–Crippen LogP) is 7.08. The first kappa shape index (κ1) is 16.8. The zero-order valence-corrected chi connectivity index (χ0v) is 14.1. The van der Waals surface area contributed by atoms with E-state index in [0.29, 0.717) is 0 Å². The van der Waals surface area contributed by atoms with Crippen LogP contribution in [0.3, 0.4) is 0 Å². The molecule has 0 N–H and O–H groups in total. The van der Waals surface area contributed by atoms with E-state index in [1.54, 1.807) is 0 Å². The summed E-state index contributed by atoms with van der Waals surface area (Å²) in [6, 6.07) is 15.5. The van der Waals surface area contributed by atoms with Gasteiger partial charge in [0.2, 0.25) is 0 Å². The van der Waals surface area contributed by atoms with Crippen LogP contribution in [0, 0.1) is 0 Å². The number of allylic oxidation sites excluding steroid dienone is 2. The van der Waals surface area contributed by atoms with Gasteiger partial charge >= 0.3 is 0 Å². The number of rotatable bonds is 10. The minimum atomic E-state index is 1.22. The van der Waals surface area contributed by atoms with Gasteiger partial charge in [-0.2, -0.15) is 0 Å². The van der Waals surface area contributed by atoms with Crippen molar-refractivity contribution in [3.8, 4) is 0 Å². The third-order valence-corrected chi connectivity index (χ3v) is 4.27. The summed E-state index contributed by atoms with van der Waals surface area (Å²) >= 11 is 0. The van der Waals surface area contributed by atoms with Crippen LogP contribution < -0.4 is 0 Å². The zero-order chi connectivity index (χ0) is 15.5. The van der Waals surface area contributed by atoms with Crippen LogP contribution in [0.15, 0.2) is 54.6 Å². The molecule has 0 heteroatoms. The fraction of sp³-hybridized carbons (Fsp3) is 0.455. The summed E-state index contributed by atoms with van der Waals surface area (Å²) in [4.78, 5) is 0. The Morgan fingerprint density at radius 1 is 0.727 bits per heavy atom. The number of fused-ring (bicyclic) bond motifs is 1. The lowest BCUT2D eigenvalue weighted by Gasteiger charge is -2.04. The number of aryl methyl sites for hydroxylation is 1. The molecule has 0 aliphatic carbocycles. The molecule has 0 aromatic heterocycles. The van der Waals surface area contributed by atoms with Gasteiger partial charge in [-0.25, -0.2) is 0 Å². The van der Waals surface area contributed by atoms with Crippen LogP contribution in [-0.4, -0.2) is 0 Å². The van der Waals surface area contributed by atoms with Crippen LogP contribution in [0.25, 0.3) is 10.8 Å². The summed E-state index contributed by atoms with van der Waals surface area (Å²) in [5.41, 5.74) is 1.49. The van der Waals surface area contributed by atoms with E-state index in [2.05, 4.69) is 61.5 Å². The highest BCUT2D eigenvalue weighted by atomic mass is 14.0. The summed E-state index contributed by atoms with van der Waals surface area (Å²) in [5, 5.41) is 2.72. The van der Waals surface area contributed by atoms with Crippen molar-refractivity contribution in [1.29, 1.82) is 0 Å². The van der Waals surface area contributed by atoms with Gasteiger partial charge in [0, 0.05) is 0 Å².